The van der Waals surface area contributed by atoms with E-state index >= 15 is 0 Å². The second-order valence-electron chi connectivity index (χ2n) is 9.15. The lowest BCUT2D eigenvalue weighted by molar-refractivity contribution is -0.172. The first-order valence-corrected chi connectivity index (χ1v) is 12.2. The molecule has 3 N–H and O–H groups in total. The molecule has 0 saturated carbocycles. The molecule has 2 heterocycles. The lowest BCUT2D eigenvalue weighted by Gasteiger charge is -2.56. The van der Waals surface area contributed by atoms with Gasteiger partial charge in [-0.1, -0.05) is 54.6 Å². The van der Waals surface area contributed by atoms with Crippen LogP contribution in [0.4, 0.5) is 0 Å². The van der Waals surface area contributed by atoms with E-state index in [0.717, 1.165) is 24.8 Å². The first kappa shape index (κ1) is 21.5. The second kappa shape index (κ2) is 8.21. The highest BCUT2D eigenvalue weighted by molar-refractivity contribution is 8.01. The number of aliphatic hydroxyl groups is 1. The van der Waals surface area contributed by atoms with Crippen LogP contribution in [0.5, 0.6) is 0 Å². The predicted molar refractivity (Wildman–Crippen MR) is 125 cm³/mol. The van der Waals surface area contributed by atoms with Gasteiger partial charge < -0.3 is 20.6 Å². The summed E-state index contributed by atoms with van der Waals surface area (Å²) in [6.07, 6.45) is 2.08. The maximum atomic E-state index is 13.4. The third-order valence-electron chi connectivity index (χ3n) is 7.17. The molecule has 32 heavy (non-hydrogen) atoms. The molecule has 2 amide bonds. The zero-order chi connectivity index (χ0) is 22.5. The van der Waals surface area contributed by atoms with Crippen molar-refractivity contribution < 1.29 is 14.7 Å². The molecule has 1 unspecified atom stereocenters. The van der Waals surface area contributed by atoms with Gasteiger partial charge in [0.1, 0.15) is 17.0 Å². The third-order valence-corrected chi connectivity index (χ3v) is 8.58. The Labute approximate surface area is 192 Å². The molecule has 1 aliphatic carbocycles. The first-order chi connectivity index (χ1) is 15.4. The Kier molecular flexibility index (Phi) is 5.51. The fourth-order valence-corrected chi connectivity index (χ4v) is 6.91. The van der Waals surface area contributed by atoms with Crippen LogP contribution < -0.4 is 5.73 Å². The Morgan fingerprint density at radius 1 is 1.22 bits per heavy atom. The van der Waals surface area contributed by atoms with Gasteiger partial charge in [0.15, 0.2) is 0 Å². The summed E-state index contributed by atoms with van der Waals surface area (Å²) in [4.78, 5) is 29.5. The number of carbonyl (C=O) groups excluding carboxylic acids is 2. The van der Waals surface area contributed by atoms with E-state index in [1.54, 1.807) is 11.8 Å². The number of benzene rings is 2. The molecule has 0 spiro atoms. The summed E-state index contributed by atoms with van der Waals surface area (Å²) < 4.78 is 0. The van der Waals surface area contributed by atoms with Gasteiger partial charge in [-0.25, -0.2) is 0 Å². The van der Waals surface area contributed by atoms with E-state index in [9.17, 15) is 14.7 Å². The molecule has 7 heteroatoms. The number of β-lactam (4-membered cyclic amide) rings is 1. The highest BCUT2D eigenvalue weighted by Gasteiger charge is 2.67. The van der Waals surface area contributed by atoms with E-state index in [1.807, 2.05) is 48.2 Å². The number of nitrogens with zero attached hydrogens (tertiary/aromatic N) is 2. The van der Waals surface area contributed by atoms with Crippen molar-refractivity contribution in [3.63, 3.8) is 0 Å². The summed E-state index contributed by atoms with van der Waals surface area (Å²) in [5, 5.41) is 10.7. The SMILES string of the molecule is CC12SCN(C(=O)[C@@H](O)[C@@H](N)Cc3ccccc3)[C@@H]1C(=O)N2[C@H]1CCCc2ccccc21. The highest BCUT2D eigenvalue weighted by atomic mass is 32.2. The number of hydrogen-bond donors (Lipinski definition) is 2. The van der Waals surface area contributed by atoms with Crippen molar-refractivity contribution in [2.24, 2.45) is 5.73 Å². The van der Waals surface area contributed by atoms with Crippen molar-refractivity contribution in [2.45, 2.75) is 61.7 Å². The predicted octanol–water partition coefficient (Wildman–Crippen LogP) is 2.45. The van der Waals surface area contributed by atoms with Gasteiger partial charge in [-0.2, -0.15) is 0 Å². The van der Waals surface area contributed by atoms with Crippen molar-refractivity contribution >= 4 is 23.6 Å². The Bertz CT molecular complexity index is 1030. The number of rotatable bonds is 5. The minimum Gasteiger partial charge on any atom is -0.382 e. The zero-order valence-electron chi connectivity index (χ0n) is 18.2. The van der Waals surface area contributed by atoms with Crippen LogP contribution in [0.25, 0.3) is 0 Å². The topological polar surface area (TPSA) is 86.9 Å². The zero-order valence-corrected chi connectivity index (χ0v) is 19.0. The maximum Gasteiger partial charge on any atom is 0.254 e. The average molecular weight is 452 g/mol. The number of aryl methyl sites for hydroxylation is 1. The molecule has 168 valence electrons. The molecule has 2 fully saturated rings. The highest BCUT2D eigenvalue weighted by Crippen LogP contribution is 2.55. The van der Waals surface area contributed by atoms with E-state index in [4.69, 9.17) is 5.73 Å². The van der Waals surface area contributed by atoms with Gasteiger partial charge >= 0.3 is 0 Å². The Morgan fingerprint density at radius 3 is 2.72 bits per heavy atom. The standard InChI is InChI=1S/C25H29N3O3S/c1-25-22(24(31)28(25)20-13-7-11-17-10-5-6-12-18(17)20)27(15-32-25)23(30)21(29)19(26)14-16-8-3-2-4-9-16/h2-6,8-10,12,19-22,29H,7,11,13-15,26H2,1H3/t19-,20-,21-,22+,25?/m0/s1. The first-order valence-electron chi connectivity index (χ1n) is 11.2. The maximum absolute atomic E-state index is 13.4. The van der Waals surface area contributed by atoms with Crippen LogP contribution in [0.3, 0.4) is 0 Å². The molecular weight excluding hydrogens is 422 g/mol. The fraction of sp³-hybridized carbons (Fsp3) is 0.440. The molecule has 2 aromatic carbocycles. The van der Waals surface area contributed by atoms with E-state index in [-0.39, 0.29) is 11.9 Å². The van der Waals surface area contributed by atoms with Gasteiger partial charge in [0.05, 0.1) is 11.9 Å². The van der Waals surface area contributed by atoms with E-state index in [2.05, 4.69) is 18.2 Å². The molecular formula is C25H29N3O3S. The molecule has 5 rings (SSSR count). The number of carbonyl (C=O) groups is 2. The van der Waals surface area contributed by atoms with E-state index in [1.165, 1.54) is 16.0 Å². The molecule has 0 radical (unpaired) electrons. The van der Waals surface area contributed by atoms with Crippen molar-refractivity contribution in [1.82, 2.24) is 9.80 Å². The fourth-order valence-electron chi connectivity index (χ4n) is 5.49. The summed E-state index contributed by atoms with van der Waals surface area (Å²) >= 11 is 1.60. The number of aliphatic hydroxyl groups excluding tert-OH is 1. The van der Waals surface area contributed by atoms with Crippen LogP contribution in [0, 0.1) is 0 Å². The summed E-state index contributed by atoms with van der Waals surface area (Å²) in [5.74, 6) is -0.103. The Hall–Kier alpha value is -2.35. The molecule has 2 aromatic rings. The van der Waals surface area contributed by atoms with E-state index in [0.29, 0.717) is 12.3 Å². The Morgan fingerprint density at radius 2 is 1.94 bits per heavy atom. The molecule has 0 bridgehead atoms. The van der Waals surface area contributed by atoms with Gasteiger partial charge in [-0.3, -0.25) is 9.59 Å². The molecule has 2 aliphatic heterocycles. The van der Waals surface area contributed by atoms with Gasteiger partial charge in [0.2, 0.25) is 5.91 Å². The minimum absolute atomic E-state index is 0.0311. The van der Waals surface area contributed by atoms with Gasteiger partial charge in [0.25, 0.3) is 5.91 Å². The van der Waals surface area contributed by atoms with Crippen molar-refractivity contribution in [3.8, 4) is 0 Å². The van der Waals surface area contributed by atoms with Crippen molar-refractivity contribution in [1.29, 1.82) is 0 Å². The quantitative estimate of drug-likeness (QED) is 0.682. The monoisotopic (exact) mass is 451 g/mol. The molecule has 6 nitrogen and oxygen atoms in total. The van der Waals surface area contributed by atoms with Gasteiger partial charge in [0, 0.05) is 6.04 Å². The lowest BCUT2D eigenvalue weighted by atomic mass is 9.82. The van der Waals surface area contributed by atoms with Crippen LogP contribution in [-0.2, 0) is 22.4 Å². The van der Waals surface area contributed by atoms with Crippen LogP contribution >= 0.6 is 11.8 Å². The largest absolute Gasteiger partial charge is 0.382 e. The van der Waals surface area contributed by atoms with Crippen LogP contribution in [0.1, 0.15) is 42.5 Å². The average Bonchev–Trinajstić information content (AvgIpc) is 3.12. The summed E-state index contributed by atoms with van der Waals surface area (Å²) in [7, 11) is 0. The van der Waals surface area contributed by atoms with Crippen LogP contribution in [0.15, 0.2) is 54.6 Å². The molecule has 5 atom stereocenters. The summed E-state index contributed by atoms with van der Waals surface area (Å²) in [6.45, 7) is 2.05. The summed E-state index contributed by atoms with van der Waals surface area (Å²) in [5.41, 5.74) is 9.68. The Balaban J connectivity index is 1.32. The van der Waals surface area contributed by atoms with Crippen molar-refractivity contribution in [3.05, 3.63) is 71.3 Å². The summed E-state index contributed by atoms with van der Waals surface area (Å²) in [6, 6.07) is 16.7. The van der Waals surface area contributed by atoms with Crippen LogP contribution in [0.2, 0.25) is 0 Å². The van der Waals surface area contributed by atoms with Crippen LogP contribution in [-0.4, -0.2) is 55.7 Å². The van der Waals surface area contributed by atoms with Gasteiger partial charge in [-0.15, -0.1) is 11.8 Å². The molecule has 2 saturated heterocycles. The number of thioether (sulfide) groups is 1. The van der Waals surface area contributed by atoms with E-state index < -0.39 is 29.0 Å². The molecule has 0 aromatic heterocycles. The van der Waals surface area contributed by atoms with Crippen molar-refractivity contribution in [2.75, 3.05) is 5.88 Å². The number of nitrogens with two attached hydrogens (primary N) is 1. The lowest BCUT2D eigenvalue weighted by Crippen LogP contribution is -2.74. The number of hydrogen-bond acceptors (Lipinski definition) is 5. The number of likely N-dealkylation sites (tertiary alicyclic amines) is 1. The minimum atomic E-state index is -1.34. The van der Waals surface area contributed by atoms with Gasteiger partial charge in [-0.05, 0) is 49.3 Å². The molecule has 3 aliphatic rings. The normalized spacial score (nSPS) is 28.5. The number of amides is 2. The second-order valence-corrected chi connectivity index (χ2v) is 10.5. The smallest absolute Gasteiger partial charge is 0.254 e. The number of fused-ring (bicyclic) bond motifs is 2. The third kappa shape index (κ3) is 3.34.